The first-order valence-corrected chi connectivity index (χ1v) is 6.81. The molecular weight excluding hydrogens is 248 g/mol. The number of benzene rings is 2. The fourth-order valence-electron chi connectivity index (χ4n) is 2.36. The molecule has 0 radical (unpaired) electrons. The Bertz CT molecular complexity index is 781. The number of fused-ring (bicyclic) bond motifs is 1. The van der Waals surface area contributed by atoms with Crippen LogP contribution in [0.2, 0.25) is 0 Å². The second-order valence-electron chi connectivity index (χ2n) is 5.01. The van der Waals surface area contributed by atoms with Gasteiger partial charge in [-0.25, -0.2) is 0 Å². The van der Waals surface area contributed by atoms with Crippen LogP contribution in [0.1, 0.15) is 29.3 Å². The number of furan rings is 1. The molecule has 0 atom stereocenters. The van der Waals surface area contributed by atoms with Crippen molar-refractivity contribution in [2.45, 2.75) is 20.3 Å². The molecule has 20 heavy (non-hydrogen) atoms. The molecule has 2 nitrogen and oxygen atoms in total. The van der Waals surface area contributed by atoms with Crippen molar-refractivity contribution in [3.05, 3.63) is 59.7 Å². The van der Waals surface area contributed by atoms with Gasteiger partial charge in [0.15, 0.2) is 5.78 Å². The number of hydrogen-bond donors (Lipinski definition) is 0. The van der Waals surface area contributed by atoms with Crippen LogP contribution in [0.4, 0.5) is 0 Å². The molecule has 0 fully saturated rings. The average Bonchev–Trinajstić information content (AvgIpc) is 2.89. The fourth-order valence-corrected chi connectivity index (χ4v) is 2.36. The minimum absolute atomic E-state index is 0.152. The van der Waals surface area contributed by atoms with Gasteiger partial charge in [-0.3, -0.25) is 4.79 Å². The summed E-state index contributed by atoms with van der Waals surface area (Å²) in [7, 11) is 0. The third-order valence-corrected chi connectivity index (χ3v) is 3.46. The number of rotatable bonds is 3. The third-order valence-electron chi connectivity index (χ3n) is 3.46. The molecule has 0 spiro atoms. The van der Waals surface area contributed by atoms with Gasteiger partial charge in [0, 0.05) is 22.9 Å². The number of hydrogen-bond acceptors (Lipinski definition) is 2. The number of carbonyl (C=O) groups excluding carboxylic acids is 1. The van der Waals surface area contributed by atoms with Crippen LogP contribution in [-0.4, -0.2) is 5.78 Å². The lowest BCUT2D eigenvalue weighted by atomic mass is 10.0. The van der Waals surface area contributed by atoms with Crippen LogP contribution in [0.15, 0.2) is 52.9 Å². The van der Waals surface area contributed by atoms with E-state index < -0.39 is 0 Å². The Morgan fingerprint density at radius 2 is 1.95 bits per heavy atom. The van der Waals surface area contributed by atoms with E-state index in [1.807, 2.05) is 49.4 Å². The molecule has 0 N–H and O–H groups in total. The van der Waals surface area contributed by atoms with E-state index in [1.54, 1.807) is 0 Å². The summed E-state index contributed by atoms with van der Waals surface area (Å²) in [5.41, 5.74) is 3.76. The molecule has 2 heteroatoms. The number of Topliss-reactive ketones (excluding diaryl/α,β-unsaturated/α-hetero) is 1. The molecule has 0 aliphatic rings. The highest BCUT2D eigenvalue weighted by Gasteiger charge is 2.09. The Balaban J connectivity index is 2.08. The lowest BCUT2D eigenvalue weighted by molar-refractivity contribution is 0.0988. The number of aryl methyl sites for hydroxylation is 1. The highest BCUT2D eigenvalue weighted by Crippen LogP contribution is 2.29. The minimum Gasteiger partial charge on any atom is -0.456 e. The lowest BCUT2D eigenvalue weighted by Crippen LogP contribution is -1.95. The summed E-state index contributed by atoms with van der Waals surface area (Å²) >= 11 is 0. The second-order valence-corrected chi connectivity index (χ2v) is 5.01. The molecule has 3 aromatic rings. The van der Waals surface area contributed by atoms with Gasteiger partial charge in [0.25, 0.3) is 0 Å². The van der Waals surface area contributed by atoms with Crippen molar-refractivity contribution in [2.24, 2.45) is 0 Å². The Labute approximate surface area is 118 Å². The maximum Gasteiger partial charge on any atom is 0.162 e. The van der Waals surface area contributed by atoms with E-state index >= 15 is 0 Å². The summed E-state index contributed by atoms with van der Waals surface area (Å²) in [6.45, 7) is 3.94. The molecule has 0 unspecified atom stereocenters. The normalized spacial score (nSPS) is 10.9. The molecule has 0 saturated carbocycles. The van der Waals surface area contributed by atoms with Crippen LogP contribution >= 0.6 is 0 Å². The van der Waals surface area contributed by atoms with Gasteiger partial charge in [-0.1, -0.05) is 36.8 Å². The summed E-state index contributed by atoms with van der Waals surface area (Å²) in [4.78, 5) is 11.8. The van der Waals surface area contributed by atoms with Gasteiger partial charge in [-0.05, 0) is 31.2 Å². The maximum absolute atomic E-state index is 11.8. The largest absolute Gasteiger partial charge is 0.456 e. The van der Waals surface area contributed by atoms with Crippen molar-refractivity contribution in [1.82, 2.24) is 0 Å². The predicted octanol–water partition coefficient (Wildman–Crippen LogP) is 5.00. The molecular formula is C18H16O2. The SMILES string of the molecule is CCC(=O)c1cccc(-c2cc3cc(C)ccc3o2)c1. The van der Waals surface area contributed by atoms with E-state index in [2.05, 4.69) is 13.0 Å². The Morgan fingerprint density at radius 1 is 1.10 bits per heavy atom. The third kappa shape index (κ3) is 2.25. The summed E-state index contributed by atoms with van der Waals surface area (Å²) < 4.78 is 5.87. The van der Waals surface area contributed by atoms with Crippen LogP contribution in [0.3, 0.4) is 0 Å². The molecule has 1 heterocycles. The van der Waals surface area contributed by atoms with Crippen molar-refractivity contribution in [1.29, 1.82) is 0 Å². The minimum atomic E-state index is 0.152. The van der Waals surface area contributed by atoms with Gasteiger partial charge < -0.3 is 4.42 Å². The molecule has 2 aromatic carbocycles. The summed E-state index contributed by atoms with van der Waals surface area (Å²) in [5, 5.41) is 1.09. The second kappa shape index (κ2) is 4.97. The topological polar surface area (TPSA) is 30.2 Å². The summed E-state index contributed by atoms with van der Waals surface area (Å²) in [6.07, 6.45) is 0.517. The van der Waals surface area contributed by atoms with Gasteiger partial charge in [-0.2, -0.15) is 0 Å². The molecule has 0 aliphatic heterocycles. The van der Waals surface area contributed by atoms with Gasteiger partial charge in [-0.15, -0.1) is 0 Å². The highest BCUT2D eigenvalue weighted by molar-refractivity contribution is 5.97. The first kappa shape index (κ1) is 12.7. The predicted molar refractivity (Wildman–Crippen MR) is 81.0 cm³/mol. The zero-order valence-electron chi connectivity index (χ0n) is 11.6. The Morgan fingerprint density at radius 3 is 2.75 bits per heavy atom. The number of carbonyl (C=O) groups is 1. The molecule has 1 aromatic heterocycles. The monoisotopic (exact) mass is 264 g/mol. The average molecular weight is 264 g/mol. The van der Waals surface area contributed by atoms with Crippen LogP contribution < -0.4 is 0 Å². The fraction of sp³-hybridized carbons (Fsp3) is 0.167. The van der Waals surface area contributed by atoms with Crippen LogP contribution in [-0.2, 0) is 0 Å². The zero-order chi connectivity index (χ0) is 14.1. The van der Waals surface area contributed by atoms with E-state index in [0.29, 0.717) is 6.42 Å². The zero-order valence-corrected chi connectivity index (χ0v) is 11.6. The Kier molecular flexibility index (Phi) is 3.15. The molecule has 0 aliphatic carbocycles. The van der Waals surface area contributed by atoms with Gasteiger partial charge in [0.1, 0.15) is 11.3 Å². The van der Waals surface area contributed by atoms with Crippen LogP contribution in [0.5, 0.6) is 0 Å². The van der Waals surface area contributed by atoms with E-state index in [1.165, 1.54) is 5.56 Å². The van der Waals surface area contributed by atoms with Crippen LogP contribution in [0, 0.1) is 6.92 Å². The molecule has 0 saturated heterocycles. The smallest absolute Gasteiger partial charge is 0.162 e. The standard InChI is InChI=1S/C18H16O2/c1-3-16(19)13-5-4-6-14(10-13)18-11-15-9-12(2)7-8-17(15)20-18/h4-11H,3H2,1-2H3. The van der Waals surface area contributed by atoms with E-state index in [-0.39, 0.29) is 5.78 Å². The molecule has 0 bridgehead atoms. The summed E-state index contributed by atoms with van der Waals surface area (Å²) in [6, 6.07) is 15.8. The van der Waals surface area contributed by atoms with E-state index in [0.717, 1.165) is 27.9 Å². The number of ketones is 1. The van der Waals surface area contributed by atoms with Gasteiger partial charge in [0.05, 0.1) is 0 Å². The lowest BCUT2D eigenvalue weighted by Gasteiger charge is -2.00. The summed E-state index contributed by atoms with van der Waals surface area (Å²) in [5.74, 6) is 0.954. The van der Waals surface area contributed by atoms with Gasteiger partial charge >= 0.3 is 0 Å². The first-order chi connectivity index (χ1) is 9.67. The van der Waals surface area contributed by atoms with E-state index in [4.69, 9.17) is 4.42 Å². The Hall–Kier alpha value is -2.35. The highest BCUT2D eigenvalue weighted by atomic mass is 16.3. The van der Waals surface area contributed by atoms with Crippen molar-refractivity contribution in [2.75, 3.05) is 0 Å². The first-order valence-electron chi connectivity index (χ1n) is 6.81. The molecule has 100 valence electrons. The molecule has 0 amide bonds. The van der Waals surface area contributed by atoms with E-state index in [9.17, 15) is 4.79 Å². The van der Waals surface area contributed by atoms with Crippen molar-refractivity contribution in [3.63, 3.8) is 0 Å². The van der Waals surface area contributed by atoms with Crippen LogP contribution in [0.25, 0.3) is 22.3 Å². The van der Waals surface area contributed by atoms with Crippen molar-refractivity contribution < 1.29 is 9.21 Å². The molecule has 3 rings (SSSR count). The van der Waals surface area contributed by atoms with Gasteiger partial charge in [0.2, 0.25) is 0 Å². The van der Waals surface area contributed by atoms with Crippen molar-refractivity contribution in [3.8, 4) is 11.3 Å². The van der Waals surface area contributed by atoms with Crippen molar-refractivity contribution >= 4 is 16.8 Å². The maximum atomic E-state index is 11.8. The quantitative estimate of drug-likeness (QED) is 0.623.